The Morgan fingerprint density at radius 1 is 0.505 bits per heavy atom. The van der Waals surface area contributed by atoms with Crippen LogP contribution in [0.25, 0.3) is 10.9 Å². The Balaban J connectivity index is 1.30. The van der Waals surface area contributed by atoms with Crippen LogP contribution in [0.4, 0.5) is 0 Å². The van der Waals surface area contributed by atoms with Crippen LogP contribution in [-0.2, 0) is 72.0 Å². The van der Waals surface area contributed by atoms with Crippen molar-refractivity contribution in [3.63, 3.8) is 0 Å². The molecule has 0 spiro atoms. The number of likely N-dealkylation sites (tertiary alicyclic amines) is 1. The number of rotatable bonds is 49. The van der Waals surface area contributed by atoms with Crippen molar-refractivity contribution in [2.45, 2.75) is 276 Å². The number of amides is 11. The van der Waals surface area contributed by atoms with Crippen molar-refractivity contribution in [3.8, 4) is 11.5 Å². The van der Waals surface area contributed by atoms with E-state index in [2.05, 4.69) is 64.8 Å². The fourth-order valence-electron chi connectivity index (χ4n) is 13.2. The minimum atomic E-state index is -1.85. The van der Waals surface area contributed by atoms with Crippen molar-refractivity contribution >= 4 is 81.8 Å². The normalized spacial score (nSPS) is 15.8. The fraction of sp³-hybridized carbons (Fsp3) is 0.595. The maximum atomic E-state index is 14.8. The first-order chi connectivity index (χ1) is 51.8. The number of nitrogens with one attached hydrogen (secondary N) is 10. The number of fused-ring (bicyclic) bond motifs is 1. The highest BCUT2D eigenvalue weighted by Crippen LogP contribution is 2.24. The number of hydrogen-bond donors (Lipinski definition) is 17. The SMILES string of the molecule is CCCCCCCCCCCCCCCC(=O)N[C@@H](CC(C)C)C(=O)N1CCC[C@H]1C(=O)N[C@@H](CC(C)C)C(=O)N[C@@H](Cc1c[nH]c2ccccc12)C(=O)N[C@@H](C)C(=O)N[C@H](C(=O)N[C@@H](Cc1ccc(O)cc1)C(=O)N[C@H](C(=O)N[C@@H](Cc1ccc(O)cc1)C(=O)N[C@@H](CCCN=C(N)N)C(N)=O)[C@@H](C)O)[C@@H](C)O. The molecule has 11 amide bonds. The molecule has 0 saturated carbocycles. The van der Waals surface area contributed by atoms with Gasteiger partial charge < -0.3 is 95.4 Å². The molecule has 3 aromatic carbocycles. The highest BCUT2D eigenvalue weighted by Gasteiger charge is 2.41. The topological polar surface area (TPSA) is 486 Å². The van der Waals surface area contributed by atoms with Gasteiger partial charge in [0.05, 0.1) is 12.2 Å². The van der Waals surface area contributed by atoms with E-state index in [0.29, 0.717) is 42.4 Å². The summed E-state index contributed by atoms with van der Waals surface area (Å²) in [4.78, 5) is 165. The molecular weight excluding hydrogens is 1400 g/mol. The molecule has 602 valence electrons. The molecule has 20 N–H and O–H groups in total. The molecule has 30 nitrogen and oxygen atoms in total. The summed E-state index contributed by atoms with van der Waals surface area (Å²) in [5.41, 5.74) is 18.6. The van der Waals surface area contributed by atoms with Crippen LogP contribution < -0.4 is 65.1 Å². The Hall–Kier alpha value is -9.84. The summed E-state index contributed by atoms with van der Waals surface area (Å²) < 4.78 is 0. The Labute approximate surface area is 640 Å². The van der Waals surface area contributed by atoms with E-state index < -0.39 is 126 Å². The number of aliphatic hydroxyl groups is 2. The Morgan fingerprint density at radius 2 is 0.963 bits per heavy atom. The third kappa shape index (κ3) is 31.3. The van der Waals surface area contributed by atoms with Gasteiger partial charge in [-0.25, -0.2) is 0 Å². The van der Waals surface area contributed by atoms with Gasteiger partial charge in [0.2, 0.25) is 65.0 Å². The molecule has 30 heteroatoms. The summed E-state index contributed by atoms with van der Waals surface area (Å²) in [6.45, 7) is 13.8. The molecule has 5 rings (SSSR count). The number of primary amides is 1. The number of unbranched alkanes of at least 4 members (excludes halogenated alkanes) is 12. The van der Waals surface area contributed by atoms with Crippen molar-refractivity contribution in [1.82, 2.24) is 57.7 Å². The van der Waals surface area contributed by atoms with E-state index in [0.717, 1.165) is 37.1 Å². The molecule has 0 aliphatic carbocycles. The smallest absolute Gasteiger partial charge is 0.245 e. The van der Waals surface area contributed by atoms with Crippen molar-refractivity contribution in [2.24, 2.45) is 34.0 Å². The Kier molecular flexibility index (Phi) is 38.3. The number of phenols is 2. The van der Waals surface area contributed by atoms with Gasteiger partial charge in [0.25, 0.3) is 0 Å². The van der Waals surface area contributed by atoms with Crippen LogP contribution in [0.5, 0.6) is 11.5 Å². The number of benzene rings is 3. The lowest BCUT2D eigenvalue weighted by Gasteiger charge is -2.31. The standard InChI is InChI=1S/C79H121N15O15/c1-9-10-11-12-13-14-15-16-17-18-19-20-21-30-66(99)86-64(42-48(4)5)78(109)94-40-25-29-65(94)75(106)89-60(41-47(2)3)72(103)88-63(45-54-46-84-58-27-23-22-26-57(54)58)71(102)85-49(6)70(101)92-67(50(7)95)76(107)91-62(44-53-33-37-56(98)38-34-53)74(105)93-68(51(8)96)77(108)90-61(43-52-31-35-55(97)36-32-52)73(104)87-59(69(80)100)28-24-39-83-79(81)82/h22-23,26-27,31-38,46-51,59-65,67-68,84,95-98H,9-21,24-25,28-30,39-45H2,1-8H3,(H2,80,100)(H,85,102)(H,86,99)(H,87,104)(H,88,103)(H,89,106)(H,90,108)(H,91,107)(H,92,101)(H,93,105)(H4,81,82,83)/t49-,50+,51+,59-,60-,61-,62-,63-,64-,65-,67-,68-/m0/s1. The zero-order chi connectivity index (χ0) is 80.3. The number of carbonyl (C=O) groups is 11. The molecule has 1 aromatic heterocycles. The first-order valence-electron chi connectivity index (χ1n) is 38.7. The van der Waals surface area contributed by atoms with Gasteiger partial charge >= 0.3 is 0 Å². The lowest BCUT2D eigenvalue weighted by atomic mass is 9.99. The van der Waals surface area contributed by atoms with Crippen LogP contribution in [0.3, 0.4) is 0 Å². The molecule has 1 saturated heterocycles. The summed E-state index contributed by atoms with van der Waals surface area (Å²) >= 11 is 0. The average molecular weight is 1520 g/mol. The number of carbonyl (C=O) groups excluding carboxylic acids is 11. The van der Waals surface area contributed by atoms with Gasteiger partial charge in [-0.05, 0) is 125 Å². The van der Waals surface area contributed by atoms with Crippen LogP contribution in [0.2, 0.25) is 0 Å². The zero-order valence-electron chi connectivity index (χ0n) is 64.7. The minimum absolute atomic E-state index is 0.0100. The summed E-state index contributed by atoms with van der Waals surface area (Å²) in [7, 11) is 0. The molecule has 0 radical (unpaired) electrons. The van der Waals surface area contributed by atoms with Crippen molar-refractivity contribution < 1.29 is 73.2 Å². The van der Waals surface area contributed by atoms with E-state index in [1.807, 2.05) is 45.9 Å². The van der Waals surface area contributed by atoms with Crippen molar-refractivity contribution in [2.75, 3.05) is 13.1 Å². The number of H-pyrrole nitrogens is 1. The van der Waals surface area contributed by atoms with E-state index in [4.69, 9.17) is 17.2 Å². The second-order valence-corrected chi connectivity index (χ2v) is 29.7. The fourth-order valence-corrected chi connectivity index (χ4v) is 13.2. The predicted molar refractivity (Wildman–Crippen MR) is 415 cm³/mol. The van der Waals surface area contributed by atoms with Crippen LogP contribution in [0, 0.1) is 11.8 Å². The lowest BCUT2D eigenvalue weighted by Crippen LogP contribution is -2.63. The quantitative estimate of drug-likeness (QED) is 0.0170. The lowest BCUT2D eigenvalue weighted by molar-refractivity contribution is -0.142. The first-order valence-corrected chi connectivity index (χ1v) is 38.7. The summed E-state index contributed by atoms with van der Waals surface area (Å²) in [5, 5.41) is 66.8. The molecule has 1 aliphatic heterocycles. The molecule has 12 atom stereocenters. The number of nitrogens with two attached hydrogens (primary N) is 3. The van der Waals surface area contributed by atoms with Gasteiger partial charge in [0.1, 0.15) is 71.9 Å². The predicted octanol–water partition coefficient (Wildman–Crippen LogP) is 3.86. The summed E-state index contributed by atoms with van der Waals surface area (Å²) in [5.74, 6) is -9.59. The van der Waals surface area contributed by atoms with Crippen LogP contribution in [0.15, 0.2) is 84.0 Å². The number of aliphatic hydroxyl groups excluding tert-OH is 2. The number of para-hydroxylation sites is 1. The molecule has 1 aliphatic rings. The maximum Gasteiger partial charge on any atom is 0.245 e. The number of aromatic hydroxyl groups is 2. The highest BCUT2D eigenvalue weighted by molar-refractivity contribution is 6.00. The van der Waals surface area contributed by atoms with Gasteiger partial charge in [-0.1, -0.05) is 154 Å². The van der Waals surface area contributed by atoms with E-state index in [9.17, 15) is 73.2 Å². The van der Waals surface area contributed by atoms with Crippen LogP contribution >= 0.6 is 0 Å². The van der Waals surface area contributed by atoms with Gasteiger partial charge in [-0.3, -0.25) is 57.7 Å². The van der Waals surface area contributed by atoms with E-state index in [1.165, 1.54) is 125 Å². The van der Waals surface area contributed by atoms with E-state index >= 15 is 0 Å². The van der Waals surface area contributed by atoms with E-state index in [-0.39, 0.29) is 99.1 Å². The van der Waals surface area contributed by atoms with Crippen molar-refractivity contribution in [1.29, 1.82) is 0 Å². The van der Waals surface area contributed by atoms with E-state index in [1.54, 1.807) is 12.3 Å². The second kappa shape index (κ2) is 46.5. The van der Waals surface area contributed by atoms with Gasteiger partial charge in [0, 0.05) is 55.9 Å². The molecular formula is C79H121N15O15. The highest BCUT2D eigenvalue weighted by atomic mass is 16.3. The van der Waals surface area contributed by atoms with Crippen LogP contribution in [-0.4, -0.2) is 187 Å². The zero-order valence-corrected chi connectivity index (χ0v) is 64.7. The Bertz CT molecular complexity index is 3620. The first kappa shape index (κ1) is 89.8. The van der Waals surface area contributed by atoms with Gasteiger partial charge in [-0.15, -0.1) is 0 Å². The third-order valence-corrected chi connectivity index (χ3v) is 19.3. The number of aromatic amines is 1. The minimum Gasteiger partial charge on any atom is -0.508 e. The second-order valence-electron chi connectivity index (χ2n) is 29.7. The number of hydrogen-bond acceptors (Lipinski definition) is 16. The monoisotopic (exact) mass is 1520 g/mol. The molecule has 0 unspecified atom stereocenters. The average Bonchev–Trinajstić information content (AvgIpc) is 1.74. The largest absolute Gasteiger partial charge is 0.508 e. The number of aromatic nitrogens is 1. The Morgan fingerprint density at radius 3 is 1.48 bits per heavy atom. The number of phenolic OH excluding ortho intramolecular Hbond substituents is 2. The van der Waals surface area contributed by atoms with Crippen molar-refractivity contribution in [3.05, 3.63) is 95.7 Å². The molecule has 2 heterocycles. The molecule has 1 fully saturated rings. The molecule has 109 heavy (non-hydrogen) atoms. The van der Waals surface area contributed by atoms with Crippen LogP contribution in [0.1, 0.15) is 200 Å². The third-order valence-electron chi connectivity index (χ3n) is 19.3. The maximum absolute atomic E-state index is 14.8. The molecule has 0 bridgehead atoms. The summed E-state index contributed by atoms with van der Waals surface area (Å²) in [6, 6.07) is 4.20. The number of aliphatic imine (C=N–C) groups is 1. The van der Waals surface area contributed by atoms with Gasteiger partial charge in [-0.2, -0.15) is 0 Å². The number of guanidine groups is 1. The molecule has 4 aromatic rings. The summed E-state index contributed by atoms with van der Waals surface area (Å²) in [6.07, 6.45) is 14.4. The van der Waals surface area contributed by atoms with Gasteiger partial charge in [0.15, 0.2) is 5.96 Å². The number of nitrogens with zero attached hydrogens (tertiary/aromatic N) is 2.